The van der Waals surface area contributed by atoms with Crippen LogP contribution in [-0.4, -0.2) is 28.6 Å². The van der Waals surface area contributed by atoms with Crippen molar-refractivity contribution < 1.29 is 9.47 Å². The highest BCUT2D eigenvalue weighted by atomic mass is 127. The molecule has 0 bridgehead atoms. The summed E-state index contributed by atoms with van der Waals surface area (Å²) in [7, 11) is 0. The first-order chi connectivity index (χ1) is 14.3. The summed E-state index contributed by atoms with van der Waals surface area (Å²) in [6, 6.07) is 9.29. The number of fused-ring (bicyclic) bond motifs is 1. The van der Waals surface area contributed by atoms with E-state index in [1.54, 1.807) is 12.3 Å². The van der Waals surface area contributed by atoms with Gasteiger partial charge in [-0.3, -0.25) is 4.79 Å². The minimum absolute atomic E-state index is 0.0333. The fourth-order valence-corrected chi connectivity index (χ4v) is 4.06. The van der Waals surface area contributed by atoms with Crippen LogP contribution in [0.1, 0.15) is 39.1 Å². The number of aryl methyl sites for hydroxylation is 1. The Morgan fingerprint density at radius 1 is 1.27 bits per heavy atom. The van der Waals surface area contributed by atoms with Gasteiger partial charge in [0.15, 0.2) is 11.5 Å². The summed E-state index contributed by atoms with van der Waals surface area (Å²) in [4.78, 5) is 17.6. The Kier molecular flexibility index (Phi) is 7.51. The fourth-order valence-electron chi connectivity index (χ4n) is 2.94. The molecule has 6 nitrogen and oxygen atoms in total. The van der Waals surface area contributed by atoms with Crippen LogP contribution in [-0.2, 0) is 6.42 Å². The number of halogens is 2. The first kappa shape index (κ1) is 22.7. The second-order valence-electron chi connectivity index (χ2n) is 6.83. The molecule has 3 aromatic rings. The van der Waals surface area contributed by atoms with E-state index in [0.29, 0.717) is 41.3 Å². The molecule has 0 aliphatic rings. The Morgan fingerprint density at radius 2 is 2.03 bits per heavy atom. The molecule has 0 saturated heterocycles. The zero-order valence-electron chi connectivity index (χ0n) is 17.3. The van der Waals surface area contributed by atoms with E-state index < -0.39 is 0 Å². The number of ether oxygens (including phenoxy) is 2. The zero-order valence-corrected chi connectivity index (χ0v) is 21.0. The number of nitrogens with zero attached hydrogens (tertiary/aromatic N) is 3. The van der Waals surface area contributed by atoms with Gasteiger partial charge in [-0.2, -0.15) is 9.78 Å². The second kappa shape index (κ2) is 9.91. The van der Waals surface area contributed by atoms with Crippen molar-refractivity contribution in [3.8, 4) is 11.5 Å². The number of hydrogen-bond donors (Lipinski definition) is 0. The van der Waals surface area contributed by atoms with Crippen LogP contribution in [0.2, 0.25) is 0 Å². The van der Waals surface area contributed by atoms with E-state index in [4.69, 9.17) is 9.47 Å². The van der Waals surface area contributed by atoms with Gasteiger partial charge in [-0.25, -0.2) is 4.98 Å². The average Bonchev–Trinajstić information content (AvgIpc) is 2.70. The third kappa shape index (κ3) is 5.03. The largest absolute Gasteiger partial charge is 0.490 e. The van der Waals surface area contributed by atoms with Crippen molar-refractivity contribution in [3.63, 3.8) is 0 Å². The molecular formula is C22H23BrIN3O3. The predicted octanol–water partition coefficient (Wildman–Crippen LogP) is 5.39. The molecule has 1 aromatic heterocycles. The Labute approximate surface area is 197 Å². The van der Waals surface area contributed by atoms with Gasteiger partial charge >= 0.3 is 0 Å². The Balaban J connectivity index is 2.08. The van der Waals surface area contributed by atoms with Gasteiger partial charge in [0.05, 0.1) is 33.4 Å². The number of aromatic nitrogens is 2. The van der Waals surface area contributed by atoms with Gasteiger partial charge in [0.1, 0.15) is 5.82 Å². The third-order valence-corrected chi connectivity index (χ3v) is 5.49. The molecule has 1 heterocycles. The monoisotopic (exact) mass is 583 g/mol. The standard InChI is InChI=1S/C22H23BrIN3O3/c1-5-20-26-18-8-7-15(23)11-16(18)22(28)27(20)25-12-14-9-17(24)21(30-13(3)4)19(10-14)29-6-2/h7-13H,5-6H2,1-4H3. The lowest BCUT2D eigenvalue weighted by atomic mass is 10.2. The highest BCUT2D eigenvalue weighted by Gasteiger charge is 2.14. The van der Waals surface area contributed by atoms with Crippen molar-refractivity contribution in [3.05, 3.63) is 60.1 Å². The van der Waals surface area contributed by atoms with Crippen LogP contribution in [0, 0.1) is 3.57 Å². The van der Waals surface area contributed by atoms with Crippen LogP contribution in [0.25, 0.3) is 10.9 Å². The highest BCUT2D eigenvalue weighted by molar-refractivity contribution is 14.1. The van der Waals surface area contributed by atoms with E-state index >= 15 is 0 Å². The van der Waals surface area contributed by atoms with Gasteiger partial charge in [-0.05, 0) is 79.3 Å². The molecule has 3 rings (SSSR count). The second-order valence-corrected chi connectivity index (χ2v) is 8.91. The van der Waals surface area contributed by atoms with Gasteiger partial charge in [0.25, 0.3) is 5.56 Å². The smallest absolute Gasteiger partial charge is 0.282 e. The van der Waals surface area contributed by atoms with Gasteiger partial charge in [-0.15, -0.1) is 0 Å². The molecule has 0 atom stereocenters. The first-order valence-corrected chi connectivity index (χ1v) is 11.6. The highest BCUT2D eigenvalue weighted by Crippen LogP contribution is 2.34. The Bertz CT molecular complexity index is 1160. The summed E-state index contributed by atoms with van der Waals surface area (Å²) in [6.07, 6.45) is 2.27. The van der Waals surface area contributed by atoms with Crippen molar-refractivity contribution in [2.75, 3.05) is 6.61 Å². The summed E-state index contributed by atoms with van der Waals surface area (Å²) in [5, 5.41) is 4.98. The van der Waals surface area contributed by atoms with Crippen molar-refractivity contribution in [2.45, 2.75) is 40.2 Å². The molecule has 0 aliphatic carbocycles. The molecule has 0 spiro atoms. The summed E-state index contributed by atoms with van der Waals surface area (Å²) < 4.78 is 14.8. The van der Waals surface area contributed by atoms with E-state index in [2.05, 4.69) is 48.6 Å². The number of hydrogen-bond acceptors (Lipinski definition) is 5. The minimum atomic E-state index is -0.200. The lowest BCUT2D eigenvalue weighted by Crippen LogP contribution is -2.22. The molecule has 0 unspecified atom stereocenters. The van der Waals surface area contributed by atoms with Crippen LogP contribution in [0.15, 0.2) is 44.7 Å². The molecule has 0 fully saturated rings. The minimum Gasteiger partial charge on any atom is -0.490 e. The lowest BCUT2D eigenvalue weighted by Gasteiger charge is -2.16. The van der Waals surface area contributed by atoms with Gasteiger partial charge in [-0.1, -0.05) is 22.9 Å². The lowest BCUT2D eigenvalue weighted by molar-refractivity contribution is 0.222. The maximum Gasteiger partial charge on any atom is 0.282 e. The van der Waals surface area contributed by atoms with Gasteiger partial charge in [0, 0.05) is 10.9 Å². The molecule has 0 N–H and O–H groups in total. The van der Waals surface area contributed by atoms with Crippen LogP contribution in [0.3, 0.4) is 0 Å². The molecule has 0 saturated carbocycles. The zero-order chi connectivity index (χ0) is 21.8. The topological polar surface area (TPSA) is 65.7 Å². The normalized spacial score (nSPS) is 11.6. The maximum atomic E-state index is 13.0. The molecule has 0 aliphatic heterocycles. The summed E-state index contributed by atoms with van der Waals surface area (Å²) in [6.45, 7) is 8.36. The summed E-state index contributed by atoms with van der Waals surface area (Å²) in [5.74, 6) is 1.97. The molecule has 30 heavy (non-hydrogen) atoms. The van der Waals surface area contributed by atoms with Gasteiger partial charge < -0.3 is 9.47 Å². The first-order valence-electron chi connectivity index (χ1n) is 9.72. The van der Waals surface area contributed by atoms with Crippen molar-refractivity contribution in [1.82, 2.24) is 9.66 Å². The maximum absolute atomic E-state index is 13.0. The van der Waals surface area contributed by atoms with Crippen LogP contribution in [0.5, 0.6) is 11.5 Å². The Hall–Kier alpha value is -1.94. The SMILES string of the molecule is CCOc1cc(C=Nn2c(CC)nc3ccc(Br)cc3c2=O)cc(I)c1OC(C)C. The predicted molar refractivity (Wildman–Crippen MR) is 132 cm³/mol. The molecule has 0 amide bonds. The third-order valence-electron chi connectivity index (χ3n) is 4.20. The molecule has 0 radical (unpaired) electrons. The molecule has 2 aromatic carbocycles. The van der Waals surface area contributed by atoms with Crippen molar-refractivity contribution >= 4 is 55.6 Å². The van der Waals surface area contributed by atoms with E-state index in [-0.39, 0.29) is 11.7 Å². The number of rotatable bonds is 7. The van der Waals surface area contributed by atoms with Crippen LogP contribution in [0.4, 0.5) is 0 Å². The quantitative estimate of drug-likeness (QED) is 0.276. The fraction of sp³-hybridized carbons (Fsp3) is 0.318. The molecule has 8 heteroatoms. The van der Waals surface area contributed by atoms with Crippen molar-refractivity contribution in [2.24, 2.45) is 5.10 Å². The number of benzene rings is 2. The van der Waals surface area contributed by atoms with Crippen LogP contribution >= 0.6 is 38.5 Å². The Morgan fingerprint density at radius 3 is 2.70 bits per heavy atom. The van der Waals surface area contributed by atoms with E-state index in [1.165, 1.54) is 4.68 Å². The summed E-state index contributed by atoms with van der Waals surface area (Å²) in [5.41, 5.74) is 1.27. The van der Waals surface area contributed by atoms with Crippen molar-refractivity contribution in [1.29, 1.82) is 0 Å². The van der Waals surface area contributed by atoms with Crippen LogP contribution < -0.4 is 15.0 Å². The van der Waals surface area contributed by atoms with E-state index in [1.807, 2.05) is 52.0 Å². The molecule has 158 valence electrons. The van der Waals surface area contributed by atoms with Gasteiger partial charge in [0.2, 0.25) is 0 Å². The van der Waals surface area contributed by atoms with E-state index in [0.717, 1.165) is 13.6 Å². The molecular weight excluding hydrogens is 561 g/mol. The van der Waals surface area contributed by atoms with E-state index in [9.17, 15) is 4.79 Å². The average molecular weight is 584 g/mol. The summed E-state index contributed by atoms with van der Waals surface area (Å²) >= 11 is 5.64.